The largest absolute Gasteiger partial charge is 0.543 e. The van der Waals surface area contributed by atoms with Gasteiger partial charge in [-0.15, -0.1) is 0 Å². The molecule has 2 fully saturated rings. The first-order valence-corrected chi connectivity index (χ1v) is 20.4. The lowest BCUT2D eigenvalue weighted by molar-refractivity contribution is -0.126. The molecule has 0 spiro atoms. The standard InChI is InChI=1S/C38H52FN5O3Si/c1-9-35(45)43-16-17-44(25(2)22-43)36-32-15-14-27(19-34(32)40-37(41-36)46-24-29-20-28(39)23-42(29)6)33-21-30(47-48(7,8)38(3,4)5)18-26-12-10-11-13-31(26)33/h9-13,18,21,25,27-29H,1,14-17,19-20,22-24H2,2-8H3/t25-,27?,28+,29-/m0/s1. The van der Waals surface area contributed by atoms with Gasteiger partial charge in [-0.3, -0.25) is 9.69 Å². The first-order chi connectivity index (χ1) is 22.7. The van der Waals surface area contributed by atoms with E-state index in [2.05, 4.69) is 88.7 Å². The summed E-state index contributed by atoms with van der Waals surface area (Å²) in [5, 5.41) is 2.53. The lowest BCUT2D eigenvalue weighted by Crippen LogP contribution is -2.54. The van der Waals surface area contributed by atoms with E-state index in [0.29, 0.717) is 45.2 Å². The molecule has 3 aliphatic rings. The fourth-order valence-corrected chi connectivity index (χ4v) is 8.29. The molecule has 8 nitrogen and oxygen atoms in total. The van der Waals surface area contributed by atoms with Crippen molar-refractivity contribution >= 4 is 30.8 Å². The minimum Gasteiger partial charge on any atom is -0.543 e. The van der Waals surface area contributed by atoms with Crippen LogP contribution in [0.2, 0.25) is 18.1 Å². The van der Waals surface area contributed by atoms with Gasteiger partial charge < -0.3 is 19.0 Å². The second kappa shape index (κ2) is 13.4. The second-order valence-corrected chi connectivity index (χ2v) is 20.3. The monoisotopic (exact) mass is 673 g/mol. The molecule has 1 unspecified atom stereocenters. The Labute approximate surface area is 286 Å². The number of amides is 1. The highest BCUT2D eigenvalue weighted by Gasteiger charge is 2.39. The molecule has 1 amide bonds. The average Bonchev–Trinajstić information content (AvgIpc) is 3.37. The topological polar surface area (TPSA) is 71.0 Å². The van der Waals surface area contributed by atoms with Crippen molar-refractivity contribution in [3.63, 3.8) is 0 Å². The number of halogens is 1. The molecule has 0 bridgehead atoms. The molecule has 2 aliphatic heterocycles. The molecule has 1 aliphatic carbocycles. The highest BCUT2D eigenvalue weighted by Crippen LogP contribution is 2.43. The molecule has 2 saturated heterocycles. The van der Waals surface area contributed by atoms with Crippen molar-refractivity contribution in [1.82, 2.24) is 19.8 Å². The number of likely N-dealkylation sites (tertiary alicyclic amines) is 1. The van der Waals surface area contributed by atoms with Gasteiger partial charge in [-0.2, -0.15) is 9.97 Å². The van der Waals surface area contributed by atoms with E-state index >= 15 is 0 Å². The fourth-order valence-electron chi connectivity index (χ4n) is 7.28. The van der Waals surface area contributed by atoms with E-state index in [9.17, 15) is 9.18 Å². The molecule has 4 atom stereocenters. The zero-order valence-electron chi connectivity index (χ0n) is 29.8. The third-order valence-electron chi connectivity index (χ3n) is 11.1. The van der Waals surface area contributed by atoms with Crippen LogP contribution in [-0.2, 0) is 17.6 Å². The summed E-state index contributed by atoms with van der Waals surface area (Å²) in [5.41, 5.74) is 3.46. The van der Waals surface area contributed by atoms with Gasteiger partial charge in [0.05, 0.1) is 5.69 Å². The number of anilines is 1. The number of hydrogen-bond donors (Lipinski definition) is 0. The Morgan fingerprint density at radius 2 is 1.92 bits per heavy atom. The molecule has 258 valence electrons. The number of fused-ring (bicyclic) bond motifs is 2. The van der Waals surface area contributed by atoms with Crippen molar-refractivity contribution < 1.29 is 18.3 Å². The fraction of sp³-hybridized carbons (Fsp3) is 0.553. The molecule has 0 N–H and O–H groups in total. The number of piperazine rings is 1. The van der Waals surface area contributed by atoms with Crippen LogP contribution < -0.4 is 14.1 Å². The molecule has 48 heavy (non-hydrogen) atoms. The number of alkyl halides is 1. The first kappa shape index (κ1) is 34.4. The minimum atomic E-state index is -2.05. The lowest BCUT2D eigenvalue weighted by Gasteiger charge is -2.41. The molecule has 3 aromatic rings. The van der Waals surface area contributed by atoms with Gasteiger partial charge in [0.2, 0.25) is 14.2 Å². The number of rotatable bonds is 8. The predicted molar refractivity (Wildman–Crippen MR) is 194 cm³/mol. The van der Waals surface area contributed by atoms with Gasteiger partial charge in [0.25, 0.3) is 0 Å². The van der Waals surface area contributed by atoms with Crippen molar-refractivity contribution in [3.05, 3.63) is 65.9 Å². The molecule has 2 aromatic carbocycles. The van der Waals surface area contributed by atoms with Gasteiger partial charge >= 0.3 is 6.01 Å². The summed E-state index contributed by atoms with van der Waals surface area (Å²) < 4.78 is 27.3. The predicted octanol–water partition coefficient (Wildman–Crippen LogP) is 6.93. The number of nitrogens with zero attached hydrogens (tertiary/aromatic N) is 5. The van der Waals surface area contributed by atoms with Crippen LogP contribution in [0, 0.1) is 0 Å². The summed E-state index contributed by atoms with van der Waals surface area (Å²) in [7, 11) is -0.107. The number of carbonyl (C=O) groups is 1. The van der Waals surface area contributed by atoms with Gasteiger partial charge in [-0.05, 0) is 98.2 Å². The SMILES string of the molecule is C=CC(=O)N1CCN(c2nc(OC[C@@H]3C[C@@H](F)CN3C)nc3c2CCC(c2cc(O[Si](C)(C)C(C)(C)C)cc4ccccc24)C3)[C@@H](C)C1. The molecular formula is C38H52FN5O3Si. The summed E-state index contributed by atoms with van der Waals surface area (Å²) in [4.78, 5) is 28.7. The number of ether oxygens (including phenoxy) is 1. The summed E-state index contributed by atoms with van der Waals surface area (Å²) in [6.45, 7) is 19.9. The van der Waals surface area contributed by atoms with E-state index in [-0.39, 0.29) is 28.9 Å². The van der Waals surface area contributed by atoms with E-state index < -0.39 is 14.5 Å². The maximum Gasteiger partial charge on any atom is 0.318 e. The number of likely N-dealkylation sites (N-methyl/N-ethyl adjacent to an activating group) is 1. The van der Waals surface area contributed by atoms with E-state index in [1.807, 2.05) is 16.8 Å². The number of benzene rings is 2. The first-order valence-electron chi connectivity index (χ1n) is 17.5. The van der Waals surface area contributed by atoms with Crippen LogP contribution in [0.1, 0.15) is 63.3 Å². The number of hydrogen-bond acceptors (Lipinski definition) is 7. The molecule has 0 saturated carbocycles. The third kappa shape index (κ3) is 6.97. The molecule has 1 aromatic heterocycles. The van der Waals surface area contributed by atoms with Gasteiger partial charge in [-0.25, -0.2) is 4.39 Å². The van der Waals surface area contributed by atoms with Crippen LogP contribution in [0.5, 0.6) is 11.8 Å². The summed E-state index contributed by atoms with van der Waals surface area (Å²) in [5.74, 6) is 2.04. The van der Waals surface area contributed by atoms with Crippen LogP contribution in [0.4, 0.5) is 10.2 Å². The quantitative estimate of drug-likeness (QED) is 0.190. The molecular weight excluding hydrogens is 622 g/mol. The van der Waals surface area contributed by atoms with Crippen molar-refractivity contribution in [2.75, 3.05) is 44.7 Å². The van der Waals surface area contributed by atoms with Gasteiger partial charge in [0.1, 0.15) is 24.3 Å². The van der Waals surface area contributed by atoms with E-state index in [4.69, 9.17) is 19.1 Å². The maximum atomic E-state index is 14.2. The van der Waals surface area contributed by atoms with Crippen molar-refractivity contribution in [2.24, 2.45) is 0 Å². The minimum absolute atomic E-state index is 0.0155. The van der Waals surface area contributed by atoms with Gasteiger partial charge in [-0.1, -0.05) is 51.6 Å². The van der Waals surface area contributed by atoms with E-state index in [1.165, 1.54) is 22.4 Å². The highest BCUT2D eigenvalue weighted by atomic mass is 28.4. The Bertz CT molecular complexity index is 1680. The highest BCUT2D eigenvalue weighted by molar-refractivity contribution is 6.74. The summed E-state index contributed by atoms with van der Waals surface area (Å²) in [6.07, 6.45) is 3.56. The van der Waals surface area contributed by atoms with Crippen LogP contribution in [-0.4, -0.2) is 92.1 Å². The number of carbonyl (C=O) groups excluding carboxylic acids is 1. The van der Waals surface area contributed by atoms with Crippen molar-refractivity contribution in [1.29, 1.82) is 0 Å². The van der Waals surface area contributed by atoms with Gasteiger partial charge in [0, 0.05) is 43.8 Å². The Kier molecular flexibility index (Phi) is 9.61. The smallest absolute Gasteiger partial charge is 0.318 e. The van der Waals surface area contributed by atoms with Crippen molar-refractivity contribution in [2.45, 2.75) is 95.7 Å². The van der Waals surface area contributed by atoms with Crippen LogP contribution in [0.25, 0.3) is 10.8 Å². The average molecular weight is 674 g/mol. The lowest BCUT2D eigenvalue weighted by atomic mass is 9.80. The number of aromatic nitrogens is 2. The Balaban J connectivity index is 1.35. The molecule has 10 heteroatoms. The zero-order chi connectivity index (χ0) is 34.4. The Hall–Kier alpha value is -3.50. The van der Waals surface area contributed by atoms with Crippen molar-refractivity contribution in [3.8, 4) is 11.8 Å². The van der Waals surface area contributed by atoms with E-state index in [1.54, 1.807) is 0 Å². The van der Waals surface area contributed by atoms with Crippen LogP contribution in [0.3, 0.4) is 0 Å². The Morgan fingerprint density at radius 1 is 1.15 bits per heavy atom. The zero-order valence-corrected chi connectivity index (χ0v) is 30.8. The molecule has 3 heterocycles. The molecule has 0 radical (unpaired) electrons. The normalized spacial score (nSPS) is 23.7. The molecule has 6 rings (SSSR count). The maximum absolute atomic E-state index is 14.2. The van der Waals surface area contributed by atoms with E-state index in [0.717, 1.165) is 42.1 Å². The van der Waals surface area contributed by atoms with Gasteiger partial charge in [0.15, 0.2) is 0 Å². The Morgan fingerprint density at radius 3 is 2.60 bits per heavy atom. The van der Waals surface area contributed by atoms with Crippen LogP contribution in [0.15, 0.2) is 49.1 Å². The van der Waals surface area contributed by atoms with Crippen LogP contribution >= 0.6 is 0 Å². The summed E-state index contributed by atoms with van der Waals surface area (Å²) >= 11 is 0. The third-order valence-corrected chi connectivity index (χ3v) is 15.5. The summed E-state index contributed by atoms with van der Waals surface area (Å²) in [6, 6.07) is 13.5. The second-order valence-electron chi connectivity index (χ2n) is 15.6.